The summed E-state index contributed by atoms with van der Waals surface area (Å²) in [5, 5.41) is 2.69. The molecule has 3 rings (SSSR count). The van der Waals surface area contributed by atoms with Crippen LogP contribution in [0.3, 0.4) is 0 Å². The Bertz CT molecular complexity index is 786. The summed E-state index contributed by atoms with van der Waals surface area (Å²) in [6.07, 6.45) is 0. The van der Waals surface area contributed by atoms with Crippen molar-refractivity contribution in [3.8, 4) is 17.0 Å². The van der Waals surface area contributed by atoms with Crippen LogP contribution in [-0.2, 0) is 6.61 Å². The fourth-order valence-electron chi connectivity index (χ4n) is 2.04. The zero-order valence-electron chi connectivity index (χ0n) is 11.4. The number of hydrogen-bond donors (Lipinski definition) is 1. The van der Waals surface area contributed by atoms with Crippen LogP contribution in [0, 0.1) is 5.82 Å². The Hall–Kier alpha value is -2.11. The quantitative estimate of drug-likeness (QED) is 0.748. The number of nitrogen functional groups attached to an aromatic ring is 1. The van der Waals surface area contributed by atoms with Gasteiger partial charge in [-0.3, -0.25) is 0 Å². The summed E-state index contributed by atoms with van der Waals surface area (Å²) < 4.78 is 19.5. The van der Waals surface area contributed by atoms with Gasteiger partial charge in [0.2, 0.25) is 0 Å². The molecule has 0 spiro atoms. The van der Waals surface area contributed by atoms with Crippen LogP contribution in [0.1, 0.15) is 5.56 Å². The van der Waals surface area contributed by atoms with Crippen molar-refractivity contribution in [1.82, 2.24) is 4.98 Å². The standard InChI is InChI=1S/C16H12ClFN2OS/c17-12-5-3-6-13(18)11(12)8-21-15-7-2-1-4-10(15)14-9-22-16(19)20-14/h1-7,9H,8H2,(H2,19,20). The molecule has 2 aromatic carbocycles. The number of nitrogens with zero attached hydrogens (tertiary/aromatic N) is 1. The number of ether oxygens (including phenoxy) is 1. The number of para-hydroxylation sites is 1. The molecule has 0 saturated heterocycles. The Morgan fingerprint density at radius 2 is 2.00 bits per heavy atom. The van der Waals surface area contributed by atoms with Gasteiger partial charge < -0.3 is 10.5 Å². The summed E-state index contributed by atoms with van der Waals surface area (Å²) >= 11 is 7.37. The molecule has 22 heavy (non-hydrogen) atoms. The van der Waals surface area contributed by atoms with Crippen molar-refractivity contribution in [1.29, 1.82) is 0 Å². The lowest BCUT2D eigenvalue weighted by atomic mass is 10.1. The Morgan fingerprint density at radius 1 is 1.18 bits per heavy atom. The molecule has 0 saturated carbocycles. The van der Waals surface area contributed by atoms with Gasteiger partial charge in [0.25, 0.3) is 0 Å². The number of anilines is 1. The highest BCUT2D eigenvalue weighted by molar-refractivity contribution is 7.13. The van der Waals surface area contributed by atoms with Crippen molar-refractivity contribution < 1.29 is 9.13 Å². The molecule has 1 heterocycles. The third-order valence-electron chi connectivity index (χ3n) is 3.12. The van der Waals surface area contributed by atoms with Crippen LogP contribution in [-0.4, -0.2) is 4.98 Å². The highest BCUT2D eigenvalue weighted by Crippen LogP contribution is 2.32. The molecule has 0 amide bonds. The normalized spacial score (nSPS) is 10.6. The molecule has 0 atom stereocenters. The van der Waals surface area contributed by atoms with Gasteiger partial charge in [-0.1, -0.05) is 29.8 Å². The second-order valence-electron chi connectivity index (χ2n) is 4.56. The predicted octanol–water partition coefficient (Wildman–Crippen LogP) is 4.76. The molecule has 0 aliphatic heterocycles. The van der Waals surface area contributed by atoms with E-state index in [2.05, 4.69) is 4.98 Å². The maximum absolute atomic E-state index is 13.8. The lowest BCUT2D eigenvalue weighted by Gasteiger charge is -2.11. The lowest BCUT2D eigenvalue weighted by molar-refractivity contribution is 0.301. The van der Waals surface area contributed by atoms with E-state index in [4.69, 9.17) is 22.1 Å². The summed E-state index contributed by atoms with van der Waals surface area (Å²) in [5.74, 6) is 0.218. The van der Waals surface area contributed by atoms with Gasteiger partial charge in [0.05, 0.1) is 10.7 Å². The van der Waals surface area contributed by atoms with Gasteiger partial charge in [0.15, 0.2) is 5.13 Å². The lowest BCUT2D eigenvalue weighted by Crippen LogP contribution is -2.00. The highest BCUT2D eigenvalue weighted by Gasteiger charge is 2.12. The van der Waals surface area contributed by atoms with Gasteiger partial charge in [-0.25, -0.2) is 9.37 Å². The average molecular weight is 335 g/mol. The maximum Gasteiger partial charge on any atom is 0.180 e. The summed E-state index contributed by atoms with van der Waals surface area (Å²) in [6, 6.07) is 12.0. The molecule has 0 aliphatic carbocycles. The summed E-state index contributed by atoms with van der Waals surface area (Å²) in [4.78, 5) is 4.25. The molecule has 0 unspecified atom stereocenters. The number of thiazole rings is 1. The summed E-state index contributed by atoms with van der Waals surface area (Å²) in [6.45, 7) is 0.0438. The van der Waals surface area contributed by atoms with Gasteiger partial charge in [-0.2, -0.15) is 0 Å². The first kappa shape index (κ1) is 14.8. The number of halogens is 2. The summed E-state index contributed by atoms with van der Waals surface area (Å²) in [5.41, 5.74) is 7.54. The molecule has 0 radical (unpaired) electrons. The first-order chi connectivity index (χ1) is 10.6. The number of rotatable bonds is 4. The molecule has 1 aromatic heterocycles. The molecular formula is C16H12ClFN2OS. The zero-order valence-corrected chi connectivity index (χ0v) is 13.0. The van der Waals surface area contributed by atoms with Crippen LogP contribution in [0.4, 0.5) is 9.52 Å². The van der Waals surface area contributed by atoms with E-state index in [9.17, 15) is 4.39 Å². The molecule has 0 aliphatic rings. The van der Waals surface area contributed by atoms with E-state index in [1.54, 1.807) is 18.2 Å². The van der Waals surface area contributed by atoms with E-state index in [0.717, 1.165) is 11.3 Å². The third-order valence-corrected chi connectivity index (χ3v) is 4.15. The molecule has 3 aromatic rings. The largest absolute Gasteiger partial charge is 0.488 e. The van der Waals surface area contributed by atoms with Crippen LogP contribution >= 0.6 is 22.9 Å². The number of aromatic nitrogens is 1. The minimum Gasteiger partial charge on any atom is -0.488 e. The van der Waals surface area contributed by atoms with Crippen molar-refractivity contribution in [2.75, 3.05) is 5.73 Å². The maximum atomic E-state index is 13.8. The number of benzene rings is 2. The molecule has 2 N–H and O–H groups in total. The van der Waals surface area contributed by atoms with Gasteiger partial charge in [0, 0.05) is 16.5 Å². The van der Waals surface area contributed by atoms with Crippen LogP contribution in [0.15, 0.2) is 47.8 Å². The average Bonchev–Trinajstić information content (AvgIpc) is 2.93. The molecule has 0 fully saturated rings. The van der Waals surface area contributed by atoms with E-state index < -0.39 is 0 Å². The van der Waals surface area contributed by atoms with E-state index in [0.29, 0.717) is 21.5 Å². The fourth-order valence-corrected chi connectivity index (χ4v) is 2.82. The Morgan fingerprint density at radius 3 is 2.73 bits per heavy atom. The Labute approximate surface area is 136 Å². The second kappa shape index (κ2) is 6.34. The third kappa shape index (κ3) is 3.05. The Balaban J connectivity index is 1.87. The molecule has 3 nitrogen and oxygen atoms in total. The summed E-state index contributed by atoms with van der Waals surface area (Å²) in [7, 11) is 0. The van der Waals surface area contributed by atoms with E-state index in [-0.39, 0.29) is 12.4 Å². The van der Waals surface area contributed by atoms with E-state index in [1.165, 1.54) is 17.4 Å². The van der Waals surface area contributed by atoms with Crippen molar-refractivity contribution >= 4 is 28.1 Å². The van der Waals surface area contributed by atoms with Crippen LogP contribution in [0.25, 0.3) is 11.3 Å². The molecule has 6 heteroatoms. The number of hydrogen-bond acceptors (Lipinski definition) is 4. The molecule has 0 bridgehead atoms. The smallest absolute Gasteiger partial charge is 0.180 e. The number of nitrogens with two attached hydrogens (primary N) is 1. The molecule has 112 valence electrons. The predicted molar refractivity (Wildman–Crippen MR) is 87.7 cm³/mol. The van der Waals surface area contributed by atoms with E-state index in [1.807, 2.05) is 23.6 Å². The SMILES string of the molecule is Nc1nc(-c2ccccc2OCc2c(F)cccc2Cl)cs1. The monoisotopic (exact) mass is 334 g/mol. The van der Waals surface area contributed by atoms with E-state index >= 15 is 0 Å². The van der Waals surface area contributed by atoms with Gasteiger partial charge >= 0.3 is 0 Å². The van der Waals surface area contributed by atoms with Crippen LogP contribution < -0.4 is 10.5 Å². The van der Waals surface area contributed by atoms with Gasteiger partial charge in [-0.05, 0) is 24.3 Å². The first-order valence-electron chi connectivity index (χ1n) is 6.51. The van der Waals surface area contributed by atoms with Crippen molar-refractivity contribution in [2.45, 2.75) is 6.61 Å². The van der Waals surface area contributed by atoms with Crippen molar-refractivity contribution in [3.05, 3.63) is 64.2 Å². The van der Waals surface area contributed by atoms with Crippen LogP contribution in [0.5, 0.6) is 5.75 Å². The Kier molecular flexibility index (Phi) is 4.27. The minimum absolute atomic E-state index is 0.0438. The van der Waals surface area contributed by atoms with Crippen LogP contribution in [0.2, 0.25) is 5.02 Å². The first-order valence-corrected chi connectivity index (χ1v) is 7.77. The topological polar surface area (TPSA) is 48.1 Å². The second-order valence-corrected chi connectivity index (χ2v) is 5.85. The molecular weight excluding hydrogens is 323 g/mol. The highest BCUT2D eigenvalue weighted by atomic mass is 35.5. The van der Waals surface area contributed by atoms with Gasteiger partial charge in [0.1, 0.15) is 18.2 Å². The van der Waals surface area contributed by atoms with Crippen molar-refractivity contribution in [3.63, 3.8) is 0 Å². The minimum atomic E-state index is -0.386. The zero-order chi connectivity index (χ0) is 15.5. The fraction of sp³-hybridized carbons (Fsp3) is 0.0625. The van der Waals surface area contributed by atoms with Gasteiger partial charge in [-0.15, -0.1) is 11.3 Å². The van der Waals surface area contributed by atoms with Crippen molar-refractivity contribution in [2.24, 2.45) is 0 Å².